The molecule has 0 bridgehead atoms. The van der Waals surface area contributed by atoms with Crippen LogP contribution in [0.3, 0.4) is 0 Å². The Morgan fingerprint density at radius 2 is 2.31 bits per heavy atom. The molecule has 16 heavy (non-hydrogen) atoms. The van der Waals surface area contributed by atoms with Gasteiger partial charge in [-0.05, 0) is 25.3 Å². The van der Waals surface area contributed by atoms with Crippen LogP contribution in [-0.4, -0.2) is 6.04 Å². The molecule has 2 nitrogen and oxygen atoms in total. The highest BCUT2D eigenvalue weighted by Crippen LogP contribution is 2.28. The van der Waals surface area contributed by atoms with Crippen LogP contribution in [-0.2, 0) is 0 Å². The SMILES string of the molecule is CCC(NC1CC1)c1cccc(C#N)c1F. The van der Waals surface area contributed by atoms with Gasteiger partial charge >= 0.3 is 0 Å². The Balaban J connectivity index is 2.26. The Morgan fingerprint density at radius 3 is 2.88 bits per heavy atom. The van der Waals surface area contributed by atoms with Crippen molar-refractivity contribution in [3.63, 3.8) is 0 Å². The van der Waals surface area contributed by atoms with Gasteiger partial charge in [0.05, 0.1) is 5.56 Å². The summed E-state index contributed by atoms with van der Waals surface area (Å²) in [5.74, 6) is -0.370. The molecule has 1 aromatic carbocycles. The number of halogens is 1. The van der Waals surface area contributed by atoms with Crippen molar-refractivity contribution in [2.75, 3.05) is 0 Å². The standard InChI is InChI=1S/C13H15FN2/c1-2-12(16-10-6-7-10)11-5-3-4-9(8-15)13(11)14/h3-5,10,12,16H,2,6-7H2,1H3. The monoisotopic (exact) mass is 218 g/mol. The minimum absolute atomic E-state index is 0.0285. The smallest absolute Gasteiger partial charge is 0.145 e. The van der Waals surface area contributed by atoms with E-state index in [-0.39, 0.29) is 17.4 Å². The third-order valence-electron chi connectivity index (χ3n) is 2.95. The second-order valence-corrected chi connectivity index (χ2v) is 4.22. The number of benzene rings is 1. The Labute approximate surface area is 95.1 Å². The number of nitriles is 1. The van der Waals surface area contributed by atoms with E-state index in [2.05, 4.69) is 5.32 Å². The second-order valence-electron chi connectivity index (χ2n) is 4.22. The highest BCUT2D eigenvalue weighted by atomic mass is 19.1. The molecule has 1 unspecified atom stereocenters. The summed E-state index contributed by atoms with van der Waals surface area (Å²) in [6.45, 7) is 2.03. The summed E-state index contributed by atoms with van der Waals surface area (Å²) in [7, 11) is 0. The van der Waals surface area contributed by atoms with Crippen molar-refractivity contribution in [3.8, 4) is 6.07 Å². The van der Waals surface area contributed by atoms with Gasteiger partial charge in [0.25, 0.3) is 0 Å². The first-order valence-electron chi connectivity index (χ1n) is 5.70. The molecule has 1 aromatic rings. The normalized spacial score (nSPS) is 16.8. The second kappa shape index (κ2) is 4.63. The molecule has 84 valence electrons. The fourth-order valence-electron chi connectivity index (χ4n) is 1.87. The number of nitrogens with one attached hydrogen (secondary N) is 1. The van der Waals surface area contributed by atoms with Gasteiger partial charge in [-0.1, -0.05) is 19.1 Å². The molecule has 0 aliphatic heterocycles. The van der Waals surface area contributed by atoms with E-state index in [0.29, 0.717) is 11.6 Å². The molecule has 0 heterocycles. The van der Waals surface area contributed by atoms with Crippen molar-refractivity contribution in [2.24, 2.45) is 0 Å². The van der Waals surface area contributed by atoms with E-state index >= 15 is 0 Å². The zero-order valence-electron chi connectivity index (χ0n) is 9.33. The van der Waals surface area contributed by atoms with Crippen molar-refractivity contribution < 1.29 is 4.39 Å². The van der Waals surface area contributed by atoms with E-state index in [4.69, 9.17) is 5.26 Å². The summed E-state index contributed by atoms with van der Waals surface area (Å²) in [4.78, 5) is 0. The molecule has 1 saturated carbocycles. The lowest BCUT2D eigenvalue weighted by Crippen LogP contribution is -2.23. The molecule has 0 spiro atoms. The first kappa shape index (κ1) is 11.1. The minimum atomic E-state index is -0.370. The first-order valence-corrected chi connectivity index (χ1v) is 5.70. The van der Waals surface area contributed by atoms with E-state index in [1.807, 2.05) is 13.0 Å². The van der Waals surface area contributed by atoms with Gasteiger partial charge in [0.15, 0.2) is 0 Å². The van der Waals surface area contributed by atoms with E-state index in [1.165, 1.54) is 18.9 Å². The van der Waals surface area contributed by atoms with Crippen LogP contribution in [0.5, 0.6) is 0 Å². The molecule has 0 radical (unpaired) electrons. The molecular weight excluding hydrogens is 203 g/mol. The maximum atomic E-state index is 13.9. The van der Waals surface area contributed by atoms with Gasteiger partial charge in [0, 0.05) is 17.6 Å². The molecular formula is C13H15FN2. The van der Waals surface area contributed by atoms with Crippen molar-refractivity contribution in [3.05, 3.63) is 35.1 Å². The van der Waals surface area contributed by atoms with Crippen LogP contribution in [0.2, 0.25) is 0 Å². The number of nitrogens with zero attached hydrogens (tertiary/aromatic N) is 1. The van der Waals surface area contributed by atoms with Gasteiger partial charge in [-0.2, -0.15) is 5.26 Å². The summed E-state index contributed by atoms with van der Waals surface area (Å²) >= 11 is 0. The van der Waals surface area contributed by atoms with Crippen LogP contribution in [0.15, 0.2) is 18.2 Å². The lowest BCUT2D eigenvalue weighted by atomic mass is 10.0. The third-order valence-corrected chi connectivity index (χ3v) is 2.95. The molecule has 1 N–H and O–H groups in total. The topological polar surface area (TPSA) is 35.8 Å². The van der Waals surface area contributed by atoms with Crippen molar-refractivity contribution in [1.29, 1.82) is 5.26 Å². The highest BCUT2D eigenvalue weighted by Gasteiger charge is 2.26. The van der Waals surface area contributed by atoms with Crippen LogP contribution < -0.4 is 5.32 Å². The van der Waals surface area contributed by atoms with E-state index in [9.17, 15) is 4.39 Å². The summed E-state index contributed by atoms with van der Waals surface area (Å²) < 4.78 is 13.9. The summed E-state index contributed by atoms with van der Waals surface area (Å²) in [5, 5.41) is 12.2. The summed E-state index contributed by atoms with van der Waals surface area (Å²) in [6, 6.07) is 7.47. The predicted octanol–water partition coefficient (Wildman–Crippen LogP) is 2.90. The quantitative estimate of drug-likeness (QED) is 0.843. The molecule has 0 amide bonds. The molecule has 3 heteroatoms. The summed E-state index contributed by atoms with van der Waals surface area (Å²) in [6.07, 6.45) is 3.19. The van der Waals surface area contributed by atoms with E-state index in [0.717, 1.165) is 6.42 Å². The Kier molecular flexibility index (Phi) is 3.21. The van der Waals surface area contributed by atoms with Gasteiger partial charge in [-0.25, -0.2) is 4.39 Å². The molecule has 1 fully saturated rings. The molecule has 2 rings (SSSR count). The Bertz CT molecular complexity index is 418. The Hall–Kier alpha value is -1.40. The zero-order valence-corrected chi connectivity index (χ0v) is 9.33. The minimum Gasteiger partial charge on any atom is -0.307 e. The molecule has 0 saturated heterocycles. The number of rotatable bonds is 4. The molecule has 1 aliphatic rings. The molecule has 0 aromatic heterocycles. The maximum absolute atomic E-state index is 13.9. The van der Waals surface area contributed by atoms with Crippen LogP contribution in [0.25, 0.3) is 0 Å². The first-order chi connectivity index (χ1) is 7.76. The van der Waals surface area contributed by atoms with Gasteiger partial charge in [0.1, 0.15) is 11.9 Å². The van der Waals surface area contributed by atoms with Gasteiger partial charge in [-0.3, -0.25) is 0 Å². The fraction of sp³-hybridized carbons (Fsp3) is 0.462. The van der Waals surface area contributed by atoms with Gasteiger partial charge in [-0.15, -0.1) is 0 Å². The van der Waals surface area contributed by atoms with Crippen LogP contribution in [0.1, 0.15) is 43.4 Å². The van der Waals surface area contributed by atoms with Crippen LogP contribution >= 0.6 is 0 Å². The summed E-state index contributed by atoms with van der Waals surface area (Å²) in [5.41, 5.74) is 0.752. The molecule has 1 atom stereocenters. The van der Waals surface area contributed by atoms with Crippen molar-refractivity contribution in [1.82, 2.24) is 5.32 Å². The number of hydrogen-bond acceptors (Lipinski definition) is 2. The Morgan fingerprint density at radius 1 is 1.56 bits per heavy atom. The lowest BCUT2D eigenvalue weighted by Gasteiger charge is -2.18. The fourth-order valence-corrected chi connectivity index (χ4v) is 1.87. The zero-order chi connectivity index (χ0) is 11.5. The lowest BCUT2D eigenvalue weighted by molar-refractivity contribution is 0.485. The maximum Gasteiger partial charge on any atom is 0.145 e. The largest absolute Gasteiger partial charge is 0.307 e. The third kappa shape index (κ3) is 2.23. The molecule has 1 aliphatic carbocycles. The van der Waals surface area contributed by atoms with E-state index in [1.54, 1.807) is 12.1 Å². The van der Waals surface area contributed by atoms with E-state index < -0.39 is 0 Å². The highest BCUT2D eigenvalue weighted by molar-refractivity contribution is 5.36. The average molecular weight is 218 g/mol. The van der Waals surface area contributed by atoms with Crippen molar-refractivity contribution >= 4 is 0 Å². The average Bonchev–Trinajstić information content (AvgIpc) is 3.10. The van der Waals surface area contributed by atoms with Gasteiger partial charge < -0.3 is 5.32 Å². The predicted molar refractivity (Wildman–Crippen MR) is 60.3 cm³/mol. The van der Waals surface area contributed by atoms with Crippen LogP contribution in [0.4, 0.5) is 4.39 Å². The van der Waals surface area contributed by atoms with Crippen molar-refractivity contribution in [2.45, 2.75) is 38.3 Å². The van der Waals surface area contributed by atoms with Crippen LogP contribution in [0, 0.1) is 17.1 Å². The van der Waals surface area contributed by atoms with Gasteiger partial charge in [0.2, 0.25) is 0 Å². The number of hydrogen-bond donors (Lipinski definition) is 1.